The number of hydrogen-bond acceptors (Lipinski definition) is 3. The molecule has 0 spiro atoms. The van der Waals surface area contributed by atoms with Crippen LogP contribution in [0.3, 0.4) is 0 Å². The number of nitriles is 1. The Morgan fingerprint density at radius 1 is 1.17 bits per heavy atom. The third-order valence-electron chi connectivity index (χ3n) is 3.66. The Balaban J connectivity index is 2.02. The van der Waals surface area contributed by atoms with Crippen LogP contribution in [-0.2, 0) is 10.2 Å². The van der Waals surface area contributed by atoms with Gasteiger partial charge < -0.3 is 10.1 Å². The molecule has 0 aliphatic carbocycles. The monoisotopic (exact) mass is 322 g/mol. The second-order valence-corrected chi connectivity index (χ2v) is 6.72. The van der Waals surface area contributed by atoms with E-state index in [-0.39, 0.29) is 11.3 Å². The van der Waals surface area contributed by atoms with Gasteiger partial charge in [0, 0.05) is 5.69 Å². The minimum Gasteiger partial charge on any atom is -0.481 e. The van der Waals surface area contributed by atoms with Crippen LogP contribution in [0.25, 0.3) is 0 Å². The van der Waals surface area contributed by atoms with Crippen molar-refractivity contribution in [3.05, 3.63) is 59.7 Å². The van der Waals surface area contributed by atoms with Crippen LogP contribution in [0.1, 0.15) is 38.8 Å². The topological polar surface area (TPSA) is 62.1 Å². The quantitative estimate of drug-likeness (QED) is 0.914. The Labute approximate surface area is 143 Å². The molecule has 0 aliphatic rings. The summed E-state index contributed by atoms with van der Waals surface area (Å²) in [6.07, 6.45) is -0.629. The molecule has 0 saturated heterocycles. The fraction of sp³-hybridized carbons (Fsp3) is 0.300. The first kappa shape index (κ1) is 17.6. The number of nitrogens with zero attached hydrogens (tertiary/aromatic N) is 1. The maximum Gasteiger partial charge on any atom is 0.265 e. The van der Waals surface area contributed by atoms with E-state index in [1.54, 1.807) is 31.2 Å². The van der Waals surface area contributed by atoms with Gasteiger partial charge in [0.25, 0.3) is 5.91 Å². The predicted molar refractivity (Wildman–Crippen MR) is 95.0 cm³/mol. The van der Waals surface area contributed by atoms with Crippen molar-refractivity contribution in [2.24, 2.45) is 0 Å². The molecule has 2 aromatic rings. The molecule has 0 saturated carbocycles. The number of ether oxygens (including phenoxy) is 1. The van der Waals surface area contributed by atoms with Gasteiger partial charge in [-0.15, -0.1) is 0 Å². The number of anilines is 1. The second kappa shape index (κ2) is 7.18. The van der Waals surface area contributed by atoms with Crippen LogP contribution in [0.5, 0.6) is 5.75 Å². The van der Waals surface area contributed by atoms with Gasteiger partial charge in [-0.1, -0.05) is 32.9 Å². The first-order valence-electron chi connectivity index (χ1n) is 7.88. The lowest BCUT2D eigenvalue weighted by Crippen LogP contribution is -2.30. The summed E-state index contributed by atoms with van der Waals surface area (Å²) in [5.41, 5.74) is 2.36. The predicted octanol–water partition coefficient (Wildman–Crippen LogP) is 4.26. The maximum atomic E-state index is 12.3. The summed E-state index contributed by atoms with van der Waals surface area (Å²) in [6.45, 7) is 8.11. The summed E-state index contributed by atoms with van der Waals surface area (Å²) in [6, 6.07) is 16.6. The van der Waals surface area contributed by atoms with E-state index in [9.17, 15) is 4.79 Å². The molecule has 0 fully saturated rings. The van der Waals surface area contributed by atoms with E-state index < -0.39 is 6.10 Å². The number of amides is 1. The highest BCUT2D eigenvalue weighted by Gasteiger charge is 2.17. The van der Waals surface area contributed by atoms with Crippen molar-refractivity contribution in [2.45, 2.75) is 39.2 Å². The molecule has 4 heteroatoms. The van der Waals surface area contributed by atoms with E-state index in [1.807, 2.05) is 30.3 Å². The van der Waals surface area contributed by atoms with Crippen LogP contribution >= 0.6 is 0 Å². The summed E-state index contributed by atoms with van der Waals surface area (Å²) in [4.78, 5) is 12.3. The molecule has 0 aliphatic heterocycles. The molecular formula is C20H22N2O2. The second-order valence-electron chi connectivity index (χ2n) is 6.72. The Hall–Kier alpha value is -2.80. The Kier molecular flexibility index (Phi) is 5.25. The van der Waals surface area contributed by atoms with E-state index in [4.69, 9.17) is 10.00 Å². The molecule has 0 bridgehead atoms. The number of nitrogens with one attached hydrogen (secondary N) is 1. The van der Waals surface area contributed by atoms with Crippen LogP contribution in [0, 0.1) is 11.3 Å². The van der Waals surface area contributed by atoms with E-state index in [0.717, 1.165) is 5.56 Å². The van der Waals surface area contributed by atoms with Crippen LogP contribution in [0.4, 0.5) is 5.69 Å². The molecule has 0 radical (unpaired) electrons. The molecule has 124 valence electrons. The Bertz CT molecular complexity index is 752. The summed E-state index contributed by atoms with van der Waals surface area (Å²) in [5, 5.41) is 11.6. The zero-order valence-corrected chi connectivity index (χ0v) is 14.5. The normalized spacial score (nSPS) is 12.1. The standard InChI is InChI=1S/C20H22N2O2/c1-14(19(23)22-17-10-8-15(13-21)9-11-17)24-18-7-5-6-16(12-18)20(2,3)4/h5-12,14H,1-4H3,(H,22,23). The molecular weight excluding hydrogens is 300 g/mol. The highest BCUT2D eigenvalue weighted by molar-refractivity contribution is 5.94. The van der Waals surface area contributed by atoms with E-state index in [1.165, 1.54) is 0 Å². The zero-order valence-electron chi connectivity index (χ0n) is 14.5. The van der Waals surface area contributed by atoms with Crippen molar-refractivity contribution in [2.75, 3.05) is 5.32 Å². The van der Waals surface area contributed by atoms with Crippen molar-refractivity contribution in [1.82, 2.24) is 0 Å². The average Bonchev–Trinajstić information content (AvgIpc) is 2.55. The van der Waals surface area contributed by atoms with Gasteiger partial charge in [-0.25, -0.2) is 0 Å². The maximum absolute atomic E-state index is 12.3. The van der Waals surface area contributed by atoms with Crippen molar-refractivity contribution >= 4 is 11.6 Å². The largest absolute Gasteiger partial charge is 0.481 e. The van der Waals surface area contributed by atoms with Gasteiger partial charge in [0.2, 0.25) is 0 Å². The number of rotatable bonds is 4. The molecule has 0 aromatic heterocycles. The van der Waals surface area contributed by atoms with E-state index in [0.29, 0.717) is 17.0 Å². The first-order chi connectivity index (χ1) is 11.3. The Morgan fingerprint density at radius 2 is 1.83 bits per heavy atom. The van der Waals surface area contributed by atoms with Crippen molar-refractivity contribution < 1.29 is 9.53 Å². The van der Waals surface area contributed by atoms with Crippen molar-refractivity contribution in [1.29, 1.82) is 5.26 Å². The number of hydrogen-bond donors (Lipinski definition) is 1. The molecule has 2 rings (SSSR count). The van der Waals surface area contributed by atoms with Gasteiger partial charge in [-0.05, 0) is 54.3 Å². The molecule has 24 heavy (non-hydrogen) atoms. The highest BCUT2D eigenvalue weighted by atomic mass is 16.5. The fourth-order valence-electron chi connectivity index (χ4n) is 2.17. The van der Waals surface area contributed by atoms with Gasteiger partial charge in [0.05, 0.1) is 11.6 Å². The smallest absolute Gasteiger partial charge is 0.265 e. The first-order valence-corrected chi connectivity index (χ1v) is 7.88. The van der Waals surface area contributed by atoms with Crippen molar-refractivity contribution in [3.63, 3.8) is 0 Å². The van der Waals surface area contributed by atoms with Crippen LogP contribution < -0.4 is 10.1 Å². The van der Waals surface area contributed by atoms with Gasteiger partial charge in [0.15, 0.2) is 6.10 Å². The summed E-state index contributed by atoms with van der Waals surface area (Å²) < 4.78 is 5.76. The zero-order chi connectivity index (χ0) is 17.7. The average molecular weight is 322 g/mol. The summed E-state index contributed by atoms with van der Waals surface area (Å²) >= 11 is 0. The van der Waals surface area contributed by atoms with Crippen LogP contribution in [0.15, 0.2) is 48.5 Å². The highest BCUT2D eigenvalue weighted by Crippen LogP contribution is 2.26. The third kappa shape index (κ3) is 4.60. The lowest BCUT2D eigenvalue weighted by molar-refractivity contribution is -0.122. The molecule has 1 atom stereocenters. The Morgan fingerprint density at radius 3 is 2.42 bits per heavy atom. The van der Waals surface area contributed by atoms with Gasteiger partial charge in [-0.3, -0.25) is 4.79 Å². The fourth-order valence-corrected chi connectivity index (χ4v) is 2.17. The van der Waals surface area contributed by atoms with Crippen LogP contribution in [-0.4, -0.2) is 12.0 Å². The SMILES string of the molecule is CC(Oc1cccc(C(C)(C)C)c1)C(=O)Nc1ccc(C#N)cc1. The summed E-state index contributed by atoms with van der Waals surface area (Å²) in [5.74, 6) is 0.436. The van der Waals surface area contributed by atoms with Crippen molar-refractivity contribution in [3.8, 4) is 11.8 Å². The molecule has 1 amide bonds. The minimum atomic E-state index is -0.629. The summed E-state index contributed by atoms with van der Waals surface area (Å²) in [7, 11) is 0. The molecule has 2 aromatic carbocycles. The minimum absolute atomic E-state index is 0.0212. The van der Waals surface area contributed by atoms with Gasteiger partial charge in [0.1, 0.15) is 5.75 Å². The number of carbonyl (C=O) groups excluding carboxylic acids is 1. The van der Waals surface area contributed by atoms with Gasteiger partial charge >= 0.3 is 0 Å². The van der Waals surface area contributed by atoms with E-state index >= 15 is 0 Å². The molecule has 4 nitrogen and oxygen atoms in total. The third-order valence-corrected chi connectivity index (χ3v) is 3.66. The van der Waals surface area contributed by atoms with Crippen LogP contribution in [0.2, 0.25) is 0 Å². The lowest BCUT2D eigenvalue weighted by atomic mass is 9.87. The number of carbonyl (C=O) groups is 1. The number of benzene rings is 2. The molecule has 0 heterocycles. The molecule has 1 unspecified atom stereocenters. The van der Waals surface area contributed by atoms with Gasteiger partial charge in [-0.2, -0.15) is 5.26 Å². The van der Waals surface area contributed by atoms with E-state index in [2.05, 4.69) is 26.1 Å². The molecule has 1 N–H and O–H groups in total. The lowest BCUT2D eigenvalue weighted by Gasteiger charge is -2.21.